The van der Waals surface area contributed by atoms with Crippen molar-refractivity contribution >= 4 is 19.8 Å². The quantitative estimate of drug-likeness (QED) is 0.0211. The Morgan fingerprint density at radius 2 is 0.826 bits per heavy atom. The largest absolute Gasteiger partial charge is 0.472 e. The van der Waals surface area contributed by atoms with Gasteiger partial charge in [0.05, 0.1) is 27.7 Å². The standard InChI is InChI=1S/C59H102NO8P/c1-6-8-10-12-14-16-18-20-22-24-26-27-28-29-30-31-32-33-34-36-38-40-42-44-46-48-50-52-59(62)68-57(56-67-69(63,64)66-54-53-60(3,4)5)55-65-58(61)51-49-47-45-43-41-39-37-35-25-23-21-19-17-15-13-11-9-7-2/h8,10,14,16,20,22,26-27,29-30,32-33,36,38,42,44,57H,6-7,9,11-13,15,17-19,21,23-25,28,31,34-35,37,39-41,43,45-56H2,1-5H3/p+1/b10-8-,16-14-,22-20-,27-26-,30-29-,33-32-,38-36-,44-42-. The van der Waals surface area contributed by atoms with E-state index in [4.69, 9.17) is 18.5 Å². The molecule has 10 heteroatoms. The van der Waals surface area contributed by atoms with Crippen LogP contribution in [0.15, 0.2) is 97.2 Å². The molecule has 0 aromatic carbocycles. The fraction of sp³-hybridized carbons (Fsp3) is 0.695. The lowest BCUT2D eigenvalue weighted by Gasteiger charge is -2.24. The van der Waals surface area contributed by atoms with E-state index in [-0.39, 0.29) is 32.0 Å². The molecule has 396 valence electrons. The van der Waals surface area contributed by atoms with Crippen molar-refractivity contribution in [2.75, 3.05) is 47.5 Å². The minimum absolute atomic E-state index is 0.0190. The Morgan fingerprint density at radius 3 is 1.23 bits per heavy atom. The summed E-state index contributed by atoms with van der Waals surface area (Å²) in [5.41, 5.74) is 0. The van der Waals surface area contributed by atoms with E-state index in [0.717, 1.165) is 83.5 Å². The van der Waals surface area contributed by atoms with E-state index in [2.05, 4.69) is 111 Å². The Hall–Kier alpha value is -3.07. The number of phosphoric acid groups is 1. The van der Waals surface area contributed by atoms with Crippen LogP contribution in [0.5, 0.6) is 0 Å². The number of nitrogens with zero attached hydrogens (tertiary/aromatic N) is 1. The summed E-state index contributed by atoms with van der Waals surface area (Å²) in [5, 5.41) is 0. The van der Waals surface area contributed by atoms with Crippen LogP contribution in [0.4, 0.5) is 0 Å². The third-order valence-corrected chi connectivity index (χ3v) is 12.4. The number of quaternary nitrogens is 1. The summed E-state index contributed by atoms with van der Waals surface area (Å²) in [6, 6.07) is 0. The number of likely N-dealkylation sites (N-methyl/N-ethyl adjacent to an activating group) is 1. The van der Waals surface area contributed by atoms with Crippen LogP contribution >= 0.6 is 7.82 Å². The number of esters is 2. The first-order valence-electron chi connectivity index (χ1n) is 27.5. The first-order valence-corrected chi connectivity index (χ1v) is 29.0. The molecule has 0 fully saturated rings. The highest BCUT2D eigenvalue weighted by molar-refractivity contribution is 7.47. The molecule has 69 heavy (non-hydrogen) atoms. The summed E-state index contributed by atoms with van der Waals surface area (Å²) in [7, 11) is 1.44. The van der Waals surface area contributed by atoms with Gasteiger partial charge in [0, 0.05) is 12.8 Å². The highest BCUT2D eigenvalue weighted by Crippen LogP contribution is 2.43. The topological polar surface area (TPSA) is 108 Å². The van der Waals surface area contributed by atoms with Gasteiger partial charge in [-0.1, -0.05) is 220 Å². The predicted molar refractivity (Wildman–Crippen MR) is 293 cm³/mol. The Bertz CT molecular complexity index is 1490. The van der Waals surface area contributed by atoms with Crippen LogP contribution in [0, 0.1) is 0 Å². The molecule has 0 saturated heterocycles. The zero-order chi connectivity index (χ0) is 50.6. The van der Waals surface area contributed by atoms with Gasteiger partial charge < -0.3 is 18.9 Å². The summed E-state index contributed by atoms with van der Waals surface area (Å²) in [4.78, 5) is 35.6. The number of unbranched alkanes of at least 4 members (excludes halogenated alkanes) is 19. The minimum Gasteiger partial charge on any atom is -0.462 e. The van der Waals surface area contributed by atoms with Crippen LogP contribution in [-0.2, 0) is 32.7 Å². The van der Waals surface area contributed by atoms with Gasteiger partial charge in [-0.15, -0.1) is 0 Å². The van der Waals surface area contributed by atoms with Gasteiger partial charge in [0.15, 0.2) is 6.10 Å². The molecular formula is C59H103NO8P+. The van der Waals surface area contributed by atoms with E-state index in [1.165, 1.54) is 96.3 Å². The molecule has 0 aromatic rings. The van der Waals surface area contributed by atoms with Crippen LogP contribution < -0.4 is 0 Å². The van der Waals surface area contributed by atoms with Gasteiger partial charge in [-0.3, -0.25) is 18.6 Å². The Labute approximate surface area is 423 Å². The van der Waals surface area contributed by atoms with Crippen molar-refractivity contribution in [2.24, 2.45) is 0 Å². The van der Waals surface area contributed by atoms with Crippen molar-refractivity contribution in [1.29, 1.82) is 0 Å². The van der Waals surface area contributed by atoms with Gasteiger partial charge in [-0.25, -0.2) is 4.57 Å². The van der Waals surface area contributed by atoms with Gasteiger partial charge in [-0.2, -0.15) is 0 Å². The van der Waals surface area contributed by atoms with E-state index in [1.54, 1.807) is 0 Å². The molecule has 0 saturated carbocycles. The van der Waals surface area contributed by atoms with Crippen LogP contribution in [-0.4, -0.2) is 74.9 Å². The summed E-state index contributed by atoms with van der Waals surface area (Å²) >= 11 is 0. The highest BCUT2D eigenvalue weighted by Gasteiger charge is 2.27. The van der Waals surface area contributed by atoms with Crippen molar-refractivity contribution in [3.63, 3.8) is 0 Å². The molecule has 0 aliphatic rings. The number of rotatable bonds is 49. The van der Waals surface area contributed by atoms with E-state index < -0.39 is 26.5 Å². The zero-order valence-electron chi connectivity index (χ0n) is 44.8. The SMILES string of the molecule is CC/C=C\C/C=C\C/C=C\C/C=C\C/C=C\C/C=C\C/C=C\C/C=C\CCCCC(=O)OC(COC(=O)CCCCCCCCCCCCCCCCCCCC)COP(=O)(O)OCC[N+](C)(C)C. The average molecular weight is 985 g/mol. The third kappa shape index (κ3) is 54.1. The van der Waals surface area contributed by atoms with Crippen LogP contribution in [0.25, 0.3) is 0 Å². The van der Waals surface area contributed by atoms with E-state index >= 15 is 0 Å². The fourth-order valence-corrected chi connectivity index (χ4v) is 7.89. The highest BCUT2D eigenvalue weighted by atomic mass is 31.2. The number of carbonyl (C=O) groups excluding carboxylic acids is 2. The second-order valence-corrected chi connectivity index (χ2v) is 20.7. The Balaban J connectivity index is 4.33. The molecule has 1 N–H and O–H groups in total. The number of phosphoric ester groups is 1. The molecule has 0 rings (SSSR count). The number of hydrogen-bond donors (Lipinski definition) is 1. The molecule has 0 amide bonds. The first-order chi connectivity index (χ1) is 33.5. The lowest BCUT2D eigenvalue weighted by molar-refractivity contribution is -0.870. The van der Waals surface area contributed by atoms with Gasteiger partial charge >= 0.3 is 19.8 Å². The summed E-state index contributed by atoms with van der Waals surface area (Å²) in [6.07, 6.45) is 67.6. The zero-order valence-corrected chi connectivity index (χ0v) is 45.7. The first kappa shape index (κ1) is 65.9. The monoisotopic (exact) mass is 985 g/mol. The summed E-state index contributed by atoms with van der Waals surface area (Å²) in [6.45, 7) is 4.27. The second kappa shape index (κ2) is 49.9. The molecule has 0 aliphatic heterocycles. The second-order valence-electron chi connectivity index (χ2n) is 19.2. The smallest absolute Gasteiger partial charge is 0.462 e. The van der Waals surface area contributed by atoms with Crippen LogP contribution in [0.1, 0.15) is 213 Å². The van der Waals surface area contributed by atoms with Crippen molar-refractivity contribution in [2.45, 2.75) is 219 Å². The average Bonchev–Trinajstić information content (AvgIpc) is 3.31. The van der Waals surface area contributed by atoms with Crippen molar-refractivity contribution in [1.82, 2.24) is 0 Å². The number of carbonyl (C=O) groups is 2. The summed E-state index contributed by atoms with van der Waals surface area (Å²) < 4.78 is 34.5. The van der Waals surface area contributed by atoms with Gasteiger partial charge in [0.25, 0.3) is 0 Å². The minimum atomic E-state index is -4.40. The van der Waals surface area contributed by atoms with E-state index in [0.29, 0.717) is 17.4 Å². The van der Waals surface area contributed by atoms with Crippen LogP contribution in [0.2, 0.25) is 0 Å². The van der Waals surface area contributed by atoms with Crippen molar-refractivity contribution in [3.8, 4) is 0 Å². The molecule has 2 atom stereocenters. The third-order valence-electron chi connectivity index (χ3n) is 11.4. The lowest BCUT2D eigenvalue weighted by Crippen LogP contribution is -2.37. The van der Waals surface area contributed by atoms with E-state index in [1.807, 2.05) is 21.1 Å². The van der Waals surface area contributed by atoms with Gasteiger partial charge in [-0.05, 0) is 77.0 Å². The van der Waals surface area contributed by atoms with E-state index in [9.17, 15) is 19.0 Å². The molecule has 0 radical (unpaired) electrons. The lowest BCUT2D eigenvalue weighted by atomic mass is 10.0. The molecule has 2 unspecified atom stereocenters. The summed E-state index contributed by atoms with van der Waals surface area (Å²) in [5.74, 6) is -0.850. The molecular weight excluding hydrogens is 882 g/mol. The maximum Gasteiger partial charge on any atom is 0.472 e. The molecule has 9 nitrogen and oxygen atoms in total. The van der Waals surface area contributed by atoms with Crippen LogP contribution in [0.3, 0.4) is 0 Å². The van der Waals surface area contributed by atoms with Crippen molar-refractivity contribution in [3.05, 3.63) is 97.2 Å². The Kier molecular flexibility index (Phi) is 47.7. The molecule has 0 aliphatic carbocycles. The molecule has 0 heterocycles. The molecule has 0 aromatic heterocycles. The number of allylic oxidation sites excluding steroid dienone is 16. The van der Waals surface area contributed by atoms with Gasteiger partial charge in [0.2, 0.25) is 0 Å². The van der Waals surface area contributed by atoms with Crippen molar-refractivity contribution < 1.29 is 42.1 Å². The maximum atomic E-state index is 12.8. The molecule has 0 bridgehead atoms. The fourth-order valence-electron chi connectivity index (χ4n) is 7.15. The molecule has 0 spiro atoms. The van der Waals surface area contributed by atoms with Gasteiger partial charge in [0.1, 0.15) is 19.8 Å². The Morgan fingerprint density at radius 1 is 0.464 bits per heavy atom. The predicted octanol–water partition coefficient (Wildman–Crippen LogP) is 16.9. The number of hydrogen-bond acceptors (Lipinski definition) is 7. The number of ether oxygens (including phenoxy) is 2. The normalized spacial score (nSPS) is 14.1. The maximum absolute atomic E-state index is 12.8.